The first-order chi connectivity index (χ1) is 31.5. The lowest BCUT2D eigenvalue weighted by Gasteiger charge is -2.36. The summed E-state index contributed by atoms with van der Waals surface area (Å²) in [5.41, 5.74) is -2.61. The van der Waals surface area contributed by atoms with Crippen LogP contribution in [-0.4, -0.2) is 158 Å². The molecule has 68 heavy (non-hydrogen) atoms. The molecule has 2 amide bonds. The molecule has 0 aliphatic carbocycles. The van der Waals surface area contributed by atoms with Gasteiger partial charge in [0.2, 0.25) is 0 Å². The van der Waals surface area contributed by atoms with Gasteiger partial charge in [-0.05, 0) is 77.9 Å². The summed E-state index contributed by atoms with van der Waals surface area (Å²) in [5.74, 6) is -2.28. The Morgan fingerprint density at radius 3 is 1.57 bits per heavy atom. The molecule has 2 fully saturated rings. The van der Waals surface area contributed by atoms with Gasteiger partial charge < -0.3 is 53.6 Å². The van der Waals surface area contributed by atoms with Gasteiger partial charge in [0.25, 0.3) is 0 Å². The van der Waals surface area contributed by atoms with Crippen LogP contribution in [0.4, 0.5) is 37.2 Å². The van der Waals surface area contributed by atoms with E-state index in [1.807, 2.05) is 41.5 Å². The third-order valence-electron chi connectivity index (χ3n) is 9.64. The molecule has 2 aliphatic heterocycles. The Balaban J connectivity index is 0.000000233. The molecule has 2 unspecified atom stereocenters. The molecule has 0 radical (unpaired) electrons. The van der Waals surface area contributed by atoms with Crippen LogP contribution in [0.5, 0.6) is 5.75 Å². The van der Waals surface area contributed by atoms with Crippen molar-refractivity contribution in [1.82, 2.24) is 19.6 Å². The van der Waals surface area contributed by atoms with Gasteiger partial charge in [0.05, 0.1) is 29.3 Å². The van der Waals surface area contributed by atoms with Crippen molar-refractivity contribution in [2.45, 2.75) is 70.5 Å². The number of rotatable bonds is 10. The second kappa shape index (κ2) is 23.1. The number of nitrogens with two attached hydrogens (primary N) is 1. The van der Waals surface area contributed by atoms with Crippen LogP contribution in [-0.2, 0) is 19.6 Å². The average Bonchev–Trinajstić information content (AvgIpc) is 3.22. The van der Waals surface area contributed by atoms with Gasteiger partial charge in [-0.15, -0.1) is 0 Å². The van der Waals surface area contributed by atoms with E-state index in [1.54, 1.807) is 9.80 Å². The van der Waals surface area contributed by atoms with Crippen LogP contribution < -0.4 is 26.5 Å². The number of ether oxygens (including phenoxy) is 2. The predicted octanol–water partition coefficient (Wildman–Crippen LogP) is 4.28. The molecule has 0 bridgehead atoms. The number of benzene rings is 2. The average molecular weight is 993 g/mol. The number of nitrogens with one attached hydrogen (secondary N) is 1. The summed E-state index contributed by atoms with van der Waals surface area (Å²) in [6.45, 7) is 17.6. The Labute approximate surface area is 388 Å². The maximum atomic E-state index is 13.6. The molecule has 4 heterocycles. The van der Waals surface area contributed by atoms with Gasteiger partial charge in [-0.2, -0.15) is 21.6 Å². The Kier molecular flexibility index (Phi) is 18.7. The quantitative estimate of drug-likeness (QED) is 0.0750. The van der Waals surface area contributed by atoms with Gasteiger partial charge in [-0.25, -0.2) is 28.0 Å². The van der Waals surface area contributed by atoms with Crippen molar-refractivity contribution in [2.75, 3.05) is 83.9 Å². The van der Waals surface area contributed by atoms with E-state index in [0.29, 0.717) is 75.6 Å². The van der Waals surface area contributed by atoms with E-state index in [4.69, 9.17) is 19.6 Å². The first-order valence-corrected chi connectivity index (χ1v) is 22.6. The van der Waals surface area contributed by atoms with Crippen LogP contribution in [0, 0.1) is 11.6 Å². The summed E-state index contributed by atoms with van der Waals surface area (Å²) in [6.07, 6.45) is -1.79. The number of alkyl halides is 3. The molecule has 0 spiro atoms. The van der Waals surface area contributed by atoms with E-state index in [2.05, 4.69) is 23.7 Å². The minimum Gasteiger partial charge on any atom is -0.444 e. The summed E-state index contributed by atoms with van der Waals surface area (Å²) < 4.78 is 109. The highest BCUT2D eigenvalue weighted by Gasteiger charge is 2.49. The number of piperazine rings is 2. The zero-order valence-electron chi connectivity index (χ0n) is 38.3. The number of nitrogens with zero attached hydrogens (tertiary/aromatic N) is 4. The molecule has 19 nitrogen and oxygen atoms in total. The highest BCUT2D eigenvalue weighted by atomic mass is 32.2. The third-order valence-corrected chi connectivity index (χ3v) is 10.6. The van der Waals surface area contributed by atoms with Crippen molar-refractivity contribution in [3.8, 4) is 5.75 Å². The number of aliphatic hydroxyl groups is 2. The number of amides is 2. The van der Waals surface area contributed by atoms with Gasteiger partial charge >= 0.3 is 39.1 Å². The predicted molar refractivity (Wildman–Crippen MR) is 239 cm³/mol. The first kappa shape index (κ1) is 55.0. The number of carbonyl (C=O) groups is 2. The normalized spacial score (nSPS) is 16.2. The molecule has 5 N–H and O–H groups in total. The molecule has 4 aromatic rings. The molecular formula is C43H57F5N6O13S. The molecule has 2 saturated heterocycles. The molecule has 2 aliphatic rings. The first-order valence-electron chi connectivity index (χ1n) is 21.2. The largest absolute Gasteiger partial charge is 0.534 e. The summed E-state index contributed by atoms with van der Waals surface area (Å²) >= 11 is 0. The molecule has 6 rings (SSSR count). The van der Waals surface area contributed by atoms with Crippen molar-refractivity contribution in [2.24, 2.45) is 5.73 Å². The number of hydrogen-bond donors (Lipinski definition) is 4. The second-order valence-electron chi connectivity index (χ2n) is 17.6. The smallest absolute Gasteiger partial charge is 0.444 e. The number of carbonyl (C=O) groups excluding carboxylic acids is 2. The minimum absolute atomic E-state index is 0.182. The maximum absolute atomic E-state index is 13.6. The lowest BCUT2D eigenvalue weighted by Crippen LogP contribution is -2.52. The molecule has 2 aromatic carbocycles. The summed E-state index contributed by atoms with van der Waals surface area (Å²) in [7, 11) is -5.97. The van der Waals surface area contributed by atoms with Crippen molar-refractivity contribution >= 4 is 49.9 Å². The highest BCUT2D eigenvalue weighted by Crippen LogP contribution is 2.31. The van der Waals surface area contributed by atoms with E-state index in [1.165, 1.54) is 24.3 Å². The van der Waals surface area contributed by atoms with Gasteiger partial charge in [-0.3, -0.25) is 9.80 Å². The van der Waals surface area contributed by atoms with E-state index < -0.39 is 73.1 Å². The highest BCUT2D eigenvalue weighted by molar-refractivity contribution is 7.88. The Hall–Kier alpha value is -5.60. The zero-order valence-corrected chi connectivity index (χ0v) is 39.1. The van der Waals surface area contributed by atoms with Crippen LogP contribution >= 0.6 is 0 Å². The number of anilines is 1. The molecule has 0 saturated carbocycles. The van der Waals surface area contributed by atoms with Crippen LogP contribution in [0.3, 0.4) is 0 Å². The van der Waals surface area contributed by atoms with Crippen LogP contribution in [0.15, 0.2) is 67.0 Å². The van der Waals surface area contributed by atoms with Gasteiger partial charge in [0.1, 0.15) is 34.0 Å². The molecule has 25 heteroatoms. The lowest BCUT2D eigenvalue weighted by atomic mass is 10.2. The summed E-state index contributed by atoms with van der Waals surface area (Å²) in [4.78, 5) is 54.3. The number of halogens is 5. The number of hydrogen-bond acceptors (Lipinski definition) is 17. The van der Waals surface area contributed by atoms with Crippen molar-refractivity contribution in [3.63, 3.8) is 0 Å². The van der Waals surface area contributed by atoms with Crippen molar-refractivity contribution in [3.05, 3.63) is 81.0 Å². The maximum Gasteiger partial charge on any atom is 0.534 e. The SMILES string of the molecule is CC(C)(C)OC(=O)N1CCN(CC(O)CN)CC1.CC(C)(C)OC(=O)N1CCN(CC(O)CNc2cc(=O)oc3ccc(F)cc23)CC1.O=c1cc(OS(=O)(=O)C(F)(F)F)c2cc(F)ccc2o1. The van der Waals surface area contributed by atoms with Crippen molar-refractivity contribution < 1.29 is 72.7 Å². The monoisotopic (exact) mass is 992 g/mol. The van der Waals surface area contributed by atoms with E-state index in [-0.39, 0.29) is 36.4 Å². The third kappa shape index (κ3) is 17.2. The van der Waals surface area contributed by atoms with E-state index >= 15 is 0 Å². The fourth-order valence-corrected chi connectivity index (χ4v) is 6.93. The molecule has 378 valence electrons. The number of β-amino-alcohol motifs (C(OH)–C–C–N with tert-alkyl or cyclic N) is 2. The van der Waals surface area contributed by atoms with E-state index in [9.17, 15) is 59.8 Å². The van der Waals surface area contributed by atoms with Gasteiger partial charge in [0.15, 0.2) is 5.75 Å². The van der Waals surface area contributed by atoms with E-state index in [0.717, 1.165) is 25.2 Å². The number of aliphatic hydroxyl groups excluding tert-OH is 2. The Morgan fingerprint density at radius 2 is 1.13 bits per heavy atom. The Bertz CT molecular complexity index is 2570. The zero-order chi connectivity index (χ0) is 50.8. The second-order valence-corrected chi connectivity index (χ2v) is 19.2. The molecule has 2 atom stereocenters. The minimum atomic E-state index is -5.97. The van der Waals surface area contributed by atoms with Crippen LogP contribution in [0.1, 0.15) is 41.5 Å². The van der Waals surface area contributed by atoms with Gasteiger partial charge in [0, 0.05) is 90.0 Å². The number of fused-ring (bicyclic) bond motifs is 2. The molecule has 2 aromatic heterocycles. The lowest BCUT2D eigenvalue weighted by molar-refractivity contribution is -0.0499. The van der Waals surface area contributed by atoms with Gasteiger partial charge in [-0.1, -0.05) is 0 Å². The van der Waals surface area contributed by atoms with Crippen LogP contribution in [0.25, 0.3) is 21.9 Å². The van der Waals surface area contributed by atoms with Crippen LogP contribution in [0.2, 0.25) is 0 Å². The Morgan fingerprint density at radius 1 is 0.706 bits per heavy atom. The van der Waals surface area contributed by atoms with Crippen molar-refractivity contribution in [1.29, 1.82) is 0 Å². The summed E-state index contributed by atoms with van der Waals surface area (Å²) in [5, 5.41) is 22.9. The fraction of sp³-hybridized carbons (Fsp3) is 0.535. The molecular weight excluding hydrogens is 936 g/mol. The summed E-state index contributed by atoms with van der Waals surface area (Å²) in [6, 6.07) is 8.05. The fourth-order valence-electron chi connectivity index (χ4n) is 6.46. The topological polar surface area (TPSA) is 248 Å². The standard InChI is InChI=1S/C21H28FN3O5.C12H25N3O3.C10H4F4O5S/c1-21(2,3)30-20(28)25-8-6-24(7-9-25)13-15(26)12-23-17-11-19(27)29-18-5-4-14(22)10-16(17)18;1-12(2,3)18-11(17)15-6-4-14(5-7-15)9-10(16)8-13;11-5-1-2-7-6(3-5)8(4-9(15)18-7)19-20(16,17)10(12,13)14/h4-5,10-11,15,23,26H,6-9,12-13H2,1-3H3;10,16H,4-9,13H2,1-3H3;1-4H.